The van der Waals surface area contributed by atoms with Crippen LogP contribution < -0.4 is 75.5 Å². The number of rotatable bonds is 29. The largest absolute Gasteiger partial charge is 0.493 e. The summed E-state index contributed by atoms with van der Waals surface area (Å²) in [4.78, 5) is 57.1. The van der Waals surface area contributed by atoms with Gasteiger partial charge in [-0.3, -0.25) is 24.7 Å². The molecule has 0 bridgehead atoms. The first-order chi connectivity index (χ1) is 61.9. The summed E-state index contributed by atoms with van der Waals surface area (Å²) in [6.07, 6.45) is 22.2. The van der Waals surface area contributed by atoms with Crippen LogP contribution >= 0.6 is 0 Å². The summed E-state index contributed by atoms with van der Waals surface area (Å²) in [5, 5.41) is 28.4. The summed E-state index contributed by atoms with van der Waals surface area (Å²) >= 11 is 0. The van der Waals surface area contributed by atoms with Crippen LogP contribution in [0.3, 0.4) is 0 Å². The highest BCUT2D eigenvalue weighted by Gasteiger charge is 2.48. The summed E-state index contributed by atoms with van der Waals surface area (Å²) < 4.78 is 52.2. The second kappa shape index (κ2) is 35.7. The Hall–Kier alpha value is -15.0. The summed E-state index contributed by atoms with van der Waals surface area (Å²) in [5.74, 6) is 5.17. The lowest BCUT2D eigenvalue weighted by atomic mass is 10.1. The van der Waals surface area contributed by atoms with Gasteiger partial charge < -0.3 is 105 Å². The fourth-order valence-corrected chi connectivity index (χ4v) is 15.6. The number of nitrogens with zero attached hydrogens (tertiary/aromatic N) is 5. The maximum Gasteiger partial charge on any atom is 0.408 e. The molecule has 0 unspecified atom stereocenters. The quantitative estimate of drug-likeness (QED) is 0.0207. The van der Waals surface area contributed by atoms with Gasteiger partial charge in [0.15, 0.2) is 46.0 Å². The van der Waals surface area contributed by atoms with Crippen LogP contribution in [0, 0.1) is 0 Å². The molecule has 4 aliphatic carbocycles. The van der Waals surface area contributed by atoms with Gasteiger partial charge >= 0.3 is 6.09 Å². The van der Waals surface area contributed by atoms with Crippen molar-refractivity contribution in [2.75, 3.05) is 90.2 Å². The number of pyridine rings is 4. The predicted molar refractivity (Wildman–Crippen MR) is 501 cm³/mol. The van der Waals surface area contributed by atoms with E-state index >= 15 is 0 Å². The van der Waals surface area contributed by atoms with Gasteiger partial charge in [0.2, 0.25) is 5.91 Å². The molecule has 127 heavy (non-hydrogen) atoms. The van der Waals surface area contributed by atoms with Gasteiger partial charge in [-0.1, -0.05) is 30.3 Å². The molecule has 21 rings (SSSR count). The molecule has 4 saturated carbocycles. The van der Waals surface area contributed by atoms with Crippen molar-refractivity contribution in [1.29, 1.82) is 0 Å². The van der Waals surface area contributed by atoms with Crippen LogP contribution in [0.25, 0.3) is 87.2 Å². The predicted octanol–water partition coefficient (Wildman–Crippen LogP) is 20.1. The number of amides is 2. The summed E-state index contributed by atoms with van der Waals surface area (Å²) in [6.45, 7) is 3.61. The van der Waals surface area contributed by atoms with Crippen LogP contribution in [0.4, 0.5) is 50.3 Å². The van der Waals surface area contributed by atoms with E-state index in [1.54, 1.807) is 47.0 Å². The number of fused-ring (bicyclic) bond motifs is 8. The van der Waals surface area contributed by atoms with E-state index in [4.69, 9.17) is 48.4 Å². The van der Waals surface area contributed by atoms with Crippen molar-refractivity contribution in [3.63, 3.8) is 0 Å². The van der Waals surface area contributed by atoms with Crippen LogP contribution in [0.15, 0.2) is 250 Å². The van der Waals surface area contributed by atoms with Crippen LogP contribution in [0.1, 0.15) is 63.9 Å². The minimum Gasteiger partial charge on any atom is -0.493 e. The highest BCUT2D eigenvalue weighted by molar-refractivity contribution is 6.00. The number of aromatic nitrogens is 8. The minimum absolute atomic E-state index is 0.0400. The molecular weight excluding hydrogens is 1600 g/mol. The number of carbonyl (C=O) groups is 2. The van der Waals surface area contributed by atoms with Gasteiger partial charge in [0, 0.05) is 191 Å². The highest BCUT2D eigenvalue weighted by Crippen LogP contribution is 2.46. The van der Waals surface area contributed by atoms with Crippen molar-refractivity contribution in [3.05, 3.63) is 255 Å². The Morgan fingerprint density at radius 3 is 1.02 bits per heavy atom. The van der Waals surface area contributed by atoms with E-state index in [0.717, 1.165) is 190 Å². The van der Waals surface area contributed by atoms with Gasteiger partial charge in [0.1, 0.15) is 33.0 Å². The Labute approximate surface area is 732 Å². The molecule has 12 N–H and O–H groups in total. The van der Waals surface area contributed by atoms with E-state index in [0.29, 0.717) is 66.7 Å². The fraction of sp³-hybridized carbons (Fsp3) is 0.240. The monoisotopic (exact) mass is 1700 g/mol. The fourth-order valence-electron chi connectivity index (χ4n) is 15.6. The Morgan fingerprint density at radius 1 is 0.378 bits per heavy atom. The molecule has 4 fully saturated rings. The average molecular weight is 1700 g/mol. The SMILES string of the molecule is COc1cc2c(Nc3ccc4[nH]ccc4c3)ccnc2cc1OCC1(N(C)C)CC1.COc1cc2c(Nc3ccc4[nH]ccc4c3)ccnc2cc1OCC1(N)CC1.COc1cc2c(Nc3ccc4[nH]ccc4c3)ccnc2cc1OCC1(NC(=O)OCc2ccccc2)CC1.COc1cc2c(Nc3ccc4[nH]ccc4c3)ccnc2cc1OCC1(NC(C)=O)CC1. The Morgan fingerprint density at radius 2 is 0.709 bits per heavy atom. The number of hydrogen-bond acceptors (Lipinski definition) is 21. The van der Waals surface area contributed by atoms with E-state index in [9.17, 15) is 9.59 Å². The van der Waals surface area contributed by atoms with Gasteiger partial charge in [-0.2, -0.15) is 0 Å². The minimum atomic E-state index is -0.448. The molecule has 17 aromatic rings. The smallest absolute Gasteiger partial charge is 0.408 e. The van der Waals surface area contributed by atoms with E-state index < -0.39 is 11.6 Å². The summed E-state index contributed by atoms with van der Waals surface area (Å²) in [6, 6.07) is 66.0. The molecule has 27 nitrogen and oxygen atoms in total. The molecule has 4 aliphatic rings. The third-order valence-corrected chi connectivity index (χ3v) is 23.9. The first-order valence-electron chi connectivity index (χ1n) is 42.4. The van der Waals surface area contributed by atoms with Gasteiger partial charge in [0.25, 0.3) is 0 Å². The average Bonchev–Trinajstić information content (AvgIpc) is 1.62. The summed E-state index contributed by atoms with van der Waals surface area (Å²) in [5.41, 5.74) is 21.8. The first-order valence-corrected chi connectivity index (χ1v) is 42.4. The molecule has 0 spiro atoms. The van der Waals surface area contributed by atoms with Gasteiger partial charge in [-0.25, -0.2) is 4.79 Å². The molecule has 9 aromatic carbocycles. The number of likely N-dealkylation sites (N-methyl/N-ethyl adjacent to an activating group) is 1. The van der Waals surface area contributed by atoms with Crippen LogP contribution in [-0.2, 0) is 16.1 Å². The van der Waals surface area contributed by atoms with E-state index in [2.05, 4.69) is 157 Å². The molecule has 0 atom stereocenters. The molecule has 0 radical (unpaired) electrons. The van der Waals surface area contributed by atoms with Crippen molar-refractivity contribution in [3.8, 4) is 46.0 Å². The zero-order valence-corrected chi connectivity index (χ0v) is 71.7. The summed E-state index contributed by atoms with van der Waals surface area (Å²) in [7, 11) is 10.8. The molecule has 8 aromatic heterocycles. The topological polar surface area (TPSA) is 333 Å². The number of ether oxygens (including phenoxy) is 9. The Kier molecular flexibility index (Phi) is 23.3. The zero-order valence-electron chi connectivity index (χ0n) is 71.7. The molecule has 27 heteroatoms. The second-order valence-corrected chi connectivity index (χ2v) is 33.2. The number of benzene rings is 9. The van der Waals surface area contributed by atoms with Crippen molar-refractivity contribution in [1.82, 2.24) is 55.4 Å². The van der Waals surface area contributed by atoms with E-state index in [1.807, 2.05) is 164 Å². The number of nitrogens with two attached hydrogens (primary N) is 1. The Bertz CT molecular complexity index is 6870. The number of aromatic amines is 4. The standard InChI is InChI=1S/C30H28N4O4.C24H24N4O3.C24H26N4O2.C22H22N4O2/c1-36-27-16-23-25(33-22-7-8-24-21(15-22)9-13-31-24)10-14-32-26(23)17-28(27)38-19-30(11-12-30)34-29(35)37-18-20-5-3-2-4-6-20;1-15(29)28-24(7-8-24)14-31-23-13-21-18(12-22(23)30-2)20(6-10-26-21)27-17-3-4-19-16(11-17)5-9-25-19;1-28(2)24(8-9-24)15-30-23-14-21-18(13-22(23)29-3)20(7-11-26-21)27-17-4-5-19-16(12-17)6-10-25-19;1-27-20-11-16-18(26-15-2-3-17-14(10-15)4-8-24-17)5-9-25-19(16)12-21(20)28-13-22(23)6-7-22/h2-10,13-17,31H,11-12,18-19H2,1H3,(H,32,33)(H,34,35);3-6,9-13,25H,7-8,14H2,1-2H3,(H,26,27)(H,28,29);4-7,10-14,25H,8-9,15H2,1-3H3,(H,26,27);2-5,8-12,24H,6-7,13,23H2,1H3,(H,25,26). The first kappa shape index (κ1) is 83.0. The van der Waals surface area contributed by atoms with Crippen LogP contribution in [-0.4, -0.2) is 148 Å². The lowest BCUT2D eigenvalue weighted by Gasteiger charge is -2.24. The molecule has 2 amide bonds. The third-order valence-electron chi connectivity index (χ3n) is 23.9. The van der Waals surface area contributed by atoms with Crippen LogP contribution in [0.5, 0.6) is 46.0 Å². The van der Waals surface area contributed by atoms with Gasteiger partial charge in [-0.15, -0.1) is 0 Å². The van der Waals surface area contributed by atoms with Crippen molar-refractivity contribution >= 4 is 145 Å². The lowest BCUT2D eigenvalue weighted by Crippen LogP contribution is -2.41. The number of carbonyl (C=O) groups excluding carboxylic acids is 2. The molecule has 0 saturated heterocycles. The molecule has 8 heterocycles. The van der Waals surface area contributed by atoms with E-state index in [-0.39, 0.29) is 29.1 Å². The number of anilines is 8. The molecule has 0 aliphatic heterocycles. The number of hydrogen-bond donors (Lipinski definition) is 11. The van der Waals surface area contributed by atoms with Crippen molar-refractivity contribution < 1.29 is 52.2 Å². The second-order valence-electron chi connectivity index (χ2n) is 33.2. The zero-order chi connectivity index (χ0) is 87.2. The number of nitrogens with one attached hydrogen (secondary N) is 10. The van der Waals surface area contributed by atoms with Gasteiger partial charge in [-0.05, 0) is 217 Å². The Balaban J connectivity index is 0.000000115. The molecule has 646 valence electrons. The lowest BCUT2D eigenvalue weighted by molar-refractivity contribution is -0.120. The number of alkyl carbamates (subject to hydrolysis) is 1. The third kappa shape index (κ3) is 19.2. The van der Waals surface area contributed by atoms with Crippen molar-refractivity contribution in [2.24, 2.45) is 5.73 Å². The van der Waals surface area contributed by atoms with Crippen LogP contribution in [0.2, 0.25) is 0 Å². The molecular formula is C100H100N16O11. The van der Waals surface area contributed by atoms with Crippen molar-refractivity contribution in [2.45, 2.75) is 87.1 Å². The highest BCUT2D eigenvalue weighted by atomic mass is 16.6. The van der Waals surface area contributed by atoms with E-state index in [1.165, 1.54) is 12.3 Å². The maximum absolute atomic E-state index is 12.4. The number of H-pyrrole nitrogens is 4. The maximum atomic E-state index is 12.4. The normalized spacial score (nSPS) is 14.4. The van der Waals surface area contributed by atoms with Gasteiger partial charge in [0.05, 0.1) is 72.7 Å². The number of methoxy groups -OCH3 is 4.